The first-order valence-corrected chi connectivity index (χ1v) is 7.74. The summed E-state index contributed by atoms with van der Waals surface area (Å²) >= 11 is 1.68. The van der Waals surface area contributed by atoms with Crippen molar-refractivity contribution >= 4 is 16.3 Å². The Morgan fingerprint density at radius 3 is 2.75 bits per heavy atom. The molecule has 0 saturated heterocycles. The highest BCUT2D eigenvalue weighted by Crippen LogP contribution is 2.18. The SMILES string of the molecule is Cc1ccc([C@@H](C)NCc2c(C)nc3sccn23)cc1. The van der Waals surface area contributed by atoms with Gasteiger partial charge in [0.1, 0.15) is 0 Å². The van der Waals surface area contributed by atoms with Gasteiger partial charge in [-0.3, -0.25) is 4.40 Å². The molecule has 0 fully saturated rings. The third-order valence-electron chi connectivity index (χ3n) is 3.71. The van der Waals surface area contributed by atoms with Gasteiger partial charge in [0.25, 0.3) is 0 Å². The smallest absolute Gasteiger partial charge is 0.194 e. The van der Waals surface area contributed by atoms with Crippen molar-refractivity contribution in [2.24, 2.45) is 0 Å². The molecule has 1 N–H and O–H groups in total. The van der Waals surface area contributed by atoms with E-state index in [1.807, 2.05) is 0 Å². The summed E-state index contributed by atoms with van der Waals surface area (Å²) in [6.07, 6.45) is 2.09. The molecule has 0 aliphatic rings. The molecule has 0 unspecified atom stereocenters. The lowest BCUT2D eigenvalue weighted by Gasteiger charge is -2.14. The van der Waals surface area contributed by atoms with Gasteiger partial charge in [-0.2, -0.15) is 0 Å². The number of nitrogens with one attached hydrogen (secondary N) is 1. The van der Waals surface area contributed by atoms with Crippen molar-refractivity contribution in [3.63, 3.8) is 0 Å². The maximum absolute atomic E-state index is 4.58. The molecule has 104 valence electrons. The molecule has 2 heterocycles. The third kappa shape index (κ3) is 2.49. The monoisotopic (exact) mass is 285 g/mol. The molecule has 4 heteroatoms. The largest absolute Gasteiger partial charge is 0.305 e. The highest BCUT2D eigenvalue weighted by molar-refractivity contribution is 7.15. The molecule has 0 radical (unpaired) electrons. The van der Waals surface area contributed by atoms with E-state index < -0.39 is 0 Å². The van der Waals surface area contributed by atoms with E-state index in [2.05, 4.69) is 71.3 Å². The van der Waals surface area contributed by atoms with E-state index in [1.54, 1.807) is 11.3 Å². The summed E-state index contributed by atoms with van der Waals surface area (Å²) < 4.78 is 2.18. The van der Waals surface area contributed by atoms with E-state index in [1.165, 1.54) is 16.8 Å². The second-order valence-corrected chi connectivity index (χ2v) is 6.09. The Hall–Kier alpha value is -1.65. The summed E-state index contributed by atoms with van der Waals surface area (Å²) in [5, 5.41) is 5.67. The predicted molar refractivity (Wildman–Crippen MR) is 84.2 cm³/mol. The molecular formula is C16H19N3S. The first-order valence-electron chi connectivity index (χ1n) is 6.86. The van der Waals surface area contributed by atoms with Gasteiger partial charge in [0.05, 0.1) is 11.4 Å². The molecule has 0 saturated carbocycles. The number of thiazole rings is 1. The molecule has 0 amide bonds. The third-order valence-corrected chi connectivity index (χ3v) is 4.47. The Morgan fingerprint density at radius 1 is 1.25 bits per heavy atom. The van der Waals surface area contributed by atoms with E-state index >= 15 is 0 Å². The minimum Gasteiger partial charge on any atom is -0.305 e. The van der Waals surface area contributed by atoms with Crippen LogP contribution >= 0.6 is 11.3 Å². The van der Waals surface area contributed by atoms with E-state index in [0.717, 1.165) is 17.2 Å². The van der Waals surface area contributed by atoms with Crippen LogP contribution in [-0.2, 0) is 6.54 Å². The Balaban J connectivity index is 1.74. The average Bonchev–Trinajstić information content (AvgIpc) is 2.98. The molecule has 1 atom stereocenters. The van der Waals surface area contributed by atoms with E-state index in [9.17, 15) is 0 Å². The topological polar surface area (TPSA) is 29.3 Å². The molecule has 2 aromatic heterocycles. The standard InChI is InChI=1S/C16H19N3S/c1-11-4-6-14(7-5-11)12(2)17-10-15-13(3)18-16-19(15)8-9-20-16/h4-9,12,17H,10H2,1-3H3/t12-/m1/s1. The molecule has 0 bridgehead atoms. The second kappa shape index (κ2) is 5.38. The van der Waals surface area contributed by atoms with Crippen molar-refractivity contribution in [1.29, 1.82) is 0 Å². The molecular weight excluding hydrogens is 266 g/mol. The number of hydrogen-bond donors (Lipinski definition) is 1. The number of aryl methyl sites for hydroxylation is 2. The number of imidazole rings is 1. The van der Waals surface area contributed by atoms with Crippen LogP contribution in [0.15, 0.2) is 35.8 Å². The van der Waals surface area contributed by atoms with Gasteiger partial charge < -0.3 is 5.32 Å². The summed E-state index contributed by atoms with van der Waals surface area (Å²) in [6, 6.07) is 9.04. The lowest BCUT2D eigenvalue weighted by Crippen LogP contribution is -2.19. The molecule has 0 spiro atoms. The number of rotatable bonds is 4. The van der Waals surface area contributed by atoms with Crippen LogP contribution in [-0.4, -0.2) is 9.38 Å². The number of hydrogen-bond acceptors (Lipinski definition) is 3. The van der Waals surface area contributed by atoms with Gasteiger partial charge in [-0.25, -0.2) is 4.98 Å². The fourth-order valence-corrected chi connectivity index (χ4v) is 3.16. The zero-order valence-corrected chi connectivity index (χ0v) is 12.9. The quantitative estimate of drug-likeness (QED) is 0.788. The number of nitrogens with zero attached hydrogens (tertiary/aromatic N) is 2. The Bertz CT molecular complexity index is 709. The summed E-state index contributed by atoms with van der Waals surface area (Å²) in [6.45, 7) is 7.22. The molecule has 0 aliphatic carbocycles. The average molecular weight is 285 g/mol. The van der Waals surface area contributed by atoms with Crippen LogP contribution < -0.4 is 5.32 Å². The van der Waals surface area contributed by atoms with Crippen LogP contribution in [0.3, 0.4) is 0 Å². The Morgan fingerprint density at radius 2 is 2.00 bits per heavy atom. The van der Waals surface area contributed by atoms with Crippen LogP contribution in [0.2, 0.25) is 0 Å². The minimum atomic E-state index is 0.333. The van der Waals surface area contributed by atoms with Crippen molar-refractivity contribution in [3.05, 3.63) is 58.4 Å². The highest BCUT2D eigenvalue weighted by atomic mass is 32.1. The molecule has 0 aliphatic heterocycles. The van der Waals surface area contributed by atoms with Crippen LogP contribution in [0.5, 0.6) is 0 Å². The van der Waals surface area contributed by atoms with Crippen molar-refractivity contribution in [1.82, 2.24) is 14.7 Å². The van der Waals surface area contributed by atoms with E-state index in [0.29, 0.717) is 6.04 Å². The molecule has 20 heavy (non-hydrogen) atoms. The zero-order valence-electron chi connectivity index (χ0n) is 12.1. The van der Waals surface area contributed by atoms with Gasteiger partial charge in [0, 0.05) is 24.2 Å². The first kappa shape index (κ1) is 13.3. The second-order valence-electron chi connectivity index (χ2n) is 5.21. The van der Waals surface area contributed by atoms with Gasteiger partial charge >= 0.3 is 0 Å². The molecule has 1 aromatic carbocycles. The summed E-state index contributed by atoms with van der Waals surface area (Å²) in [4.78, 5) is 5.65. The Kier molecular flexibility index (Phi) is 3.59. The summed E-state index contributed by atoms with van der Waals surface area (Å²) in [5.41, 5.74) is 4.98. The van der Waals surface area contributed by atoms with E-state index in [-0.39, 0.29) is 0 Å². The van der Waals surface area contributed by atoms with Crippen LogP contribution in [0.1, 0.15) is 35.5 Å². The normalized spacial score (nSPS) is 12.9. The molecule has 3 rings (SSSR count). The van der Waals surface area contributed by atoms with E-state index in [4.69, 9.17) is 0 Å². The predicted octanol–water partition coefficient (Wildman–Crippen LogP) is 3.86. The van der Waals surface area contributed by atoms with Crippen molar-refractivity contribution < 1.29 is 0 Å². The minimum absolute atomic E-state index is 0.333. The highest BCUT2D eigenvalue weighted by Gasteiger charge is 2.11. The lowest BCUT2D eigenvalue weighted by atomic mass is 10.1. The number of fused-ring (bicyclic) bond motifs is 1. The fraction of sp³-hybridized carbons (Fsp3) is 0.312. The number of aromatic nitrogens is 2. The van der Waals surface area contributed by atoms with Gasteiger partial charge in [0.2, 0.25) is 0 Å². The van der Waals surface area contributed by atoms with Gasteiger partial charge in [-0.1, -0.05) is 29.8 Å². The maximum Gasteiger partial charge on any atom is 0.194 e. The summed E-state index contributed by atoms with van der Waals surface area (Å²) in [7, 11) is 0. The van der Waals surface area contributed by atoms with Crippen molar-refractivity contribution in [2.45, 2.75) is 33.4 Å². The maximum atomic E-state index is 4.58. The molecule has 3 nitrogen and oxygen atoms in total. The molecule has 3 aromatic rings. The zero-order chi connectivity index (χ0) is 14.1. The van der Waals surface area contributed by atoms with Crippen LogP contribution in [0, 0.1) is 13.8 Å². The number of benzene rings is 1. The Labute approximate surface area is 123 Å². The van der Waals surface area contributed by atoms with Gasteiger partial charge in [0.15, 0.2) is 4.96 Å². The lowest BCUT2D eigenvalue weighted by molar-refractivity contribution is 0.564. The van der Waals surface area contributed by atoms with Gasteiger partial charge in [-0.15, -0.1) is 11.3 Å². The van der Waals surface area contributed by atoms with Crippen molar-refractivity contribution in [3.8, 4) is 0 Å². The summed E-state index contributed by atoms with van der Waals surface area (Å²) in [5.74, 6) is 0. The fourth-order valence-electron chi connectivity index (χ4n) is 2.38. The van der Waals surface area contributed by atoms with Crippen molar-refractivity contribution in [2.75, 3.05) is 0 Å². The van der Waals surface area contributed by atoms with Gasteiger partial charge in [-0.05, 0) is 26.3 Å². The first-order chi connectivity index (χ1) is 9.65. The van der Waals surface area contributed by atoms with Crippen LogP contribution in [0.25, 0.3) is 4.96 Å². The van der Waals surface area contributed by atoms with Crippen LogP contribution in [0.4, 0.5) is 0 Å².